The first-order valence-electron chi connectivity index (χ1n) is 7.62. The molecule has 7 heteroatoms. The fourth-order valence-electron chi connectivity index (χ4n) is 2.37. The molecule has 1 fully saturated rings. The van der Waals surface area contributed by atoms with E-state index >= 15 is 0 Å². The minimum Gasteiger partial charge on any atom is -0.294 e. The van der Waals surface area contributed by atoms with E-state index in [9.17, 15) is 18.8 Å². The Bertz CT molecular complexity index is 829. The second-order valence-corrected chi connectivity index (χ2v) is 7.35. The minimum atomic E-state index is -0.396. The smallest absolute Gasteiger partial charge is 0.293 e. The number of nitrogens with zero attached hydrogens (tertiary/aromatic N) is 1. The molecular formula is C18H14FNO3S2. The van der Waals surface area contributed by atoms with Crippen molar-refractivity contribution in [2.24, 2.45) is 0 Å². The summed E-state index contributed by atoms with van der Waals surface area (Å²) in [6.45, 7) is 0.194. The molecule has 4 nitrogen and oxygen atoms in total. The number of carbonyl (C=O) groups is 3. The second kappa shape index (κ2) is 7.76. The van der Waals surface area contributed by atoms with E-state index in [0.717, 1.165) is 16.6 Å². The number of ketones is 1. The first-order valence-corrected chi connectivity index (χ1v) is 9.32. The van der Waals surface area contributed by atoms with E-state index in [0.29, 0.717) is 16.9 Å². The van der Waals surface area contributed by atoms with Gasteiger partial charge in [0.05, 0.1) is 4.91 Å². The largest absolute Gasteiger partial charge is 0.294 e. The topological polar surface area (TPSA) is 54.5 Å². The van der Waals surface area contributed by atoms with Crippen LogP contribution in [0.15, 0.2) is 46.7 Å². The molecule has 25 heavy (non-hydrogen) atoms. The number of imide groups is 1. The highest BCUT2D eigenvalue weighted by Crippen LogP contribution is 2.33. The van der Waals surface area contributed by atoms with Crippen LogP contribution < -0.4 is 0 Å². The van der Waals surface area contributed by atoms with Crippen molar-refractivity contribution in [2.75, 3.05) is 6.54 Å². The van der Waals surface area contributed by atoms with Crippen molar-refractivity contribution in [3.05, 3.63) is 62.9 Å². The molecule has 0 N–H and O–H groups in total. The van der Waals surface area contributed by atoms with E-state index in [-0.39, 0.29) is 29.9 Å². The zero-order valence-electron chi connectivity index (χ0n) is 13.1. The molecule has 128 valence electrons. The standard InChI is InChI=1S/C18H14FNO3S2/c19-13-7-5-12(6-8-13)15(21)4-1-9-20-17(22)16(25-18(20)23)11-14-3-2-10-24-14/h2-3,5-8,10-11H,1,4,9H2/b16-11+. The number of halogens is 1. The maximum atomic E-state index is 12.9. The summed E-state index contributed by atoms with van der Waals surface area (Å²) < 4.78 is 12.9. The summed E-state index contributed by atoms with van der Waals surface area (Å²) in [5.74, 6) is -0.856. The average Bonchev–Trinajstić information content (AvgIpc) is 3.19. The Morgan fingerprint density at radius 1 is 1.16 bits per heavy atom. The lowest BCUT2D eigenvalue weighted by Gasteiger charge is -2.11. The van der Waals surface area contributed by atoms with E-state index in [2.05, 4.69) is 0 Å². The maximum Gasteiger partial charge on any atom is 0.293 e. The lowest BCUT2D eigenvalue weighted by Crippen LogP contribution is -2.29. The zero-order chi connectivity index (χ0) is 17.8. The zero-order valence-corrected chi connectivity index (χ0v) is 14.7. The highest BCUT2D eigenvalue weighted by molar-refractivity contribution is 8.18. The van der Waals surface area contributed by atoms with E-state index in [1.165, 1.54) is 40.5 Å². The number of rotatable bonds is 6. The number of carbonyl (C=O) groups excluding carboxylic acids is 3. The molecule has 0 bridgehead atoms. The van der Waals surface area contributed by atoms with Crippen LogP contribution in [0.1, 0.15) is 28.1 Å². The molecule has 0 spiro atoms. The molecule has 2 heterocycles. The number of amides is 2. The van der Waals surface area contributed by atoms with Crippen LogP contribution in [0.25, 0.3) is 6.08 Å². The molecule has 1 aliphatic rings. The van der Waals surface area contributed by atoms with Crippen molar-refractivity contribution in [3.63, 3.8) is 0 Å². The number of hydrogen-bond acceptors (Lipinski definition) is 5. The van der Waals surface area contributed by atoms with Gasteiger partial charge in [0.15, 0.2) is 5.78 Å². The number of thiophene rings is 1. The van der Waals surface area contributed by atoms with Crippen LogP contribution >= 0.6 is 23.1 Å². The Kier molecular flexibility index (Phi) is 5.45. The van der Waals surface area contributed by atoms with Crippen LogP contribution in [0.3, 0.4) is 0 Å². The number of thioether (sulfide) groups is 1. The van der Waals surface area contributed by atoms with Crippen molar-refractivity contribution < 1.29 is 18.8 Å². The maximum absolute atomic E-state index is 12.9. The lowest BCUT2D eigenvalue weighted by atomic mass is 10.1. The molecule has 1 aromatic carbocycles. The third-order valence-corrected chi connectivity index (χ3v) is 5.37. The van der Waals surface area contributed by atoms with Gasteiger partial charge in [-0.3, -0.25) is 19.3 Å². The summed E-state index contributed by atoms with van der Waals surface area (Å²) in [4.78, 5) is 38.9. The Hall–Kier alpha value is -2.25. The van der Waals surface area contributed by atoms with Crippen LogP contribution in [0.5, 0.6) is 0 Å². The van der Waals surface area contributed by atoms with Gasteiger partial charge in [0.1, 0.15) is 5.82 Å². The molecule has 1 saturated heterocycles. The number of hydrogen-bond donors (Lipinski definition) is 0. The number of benzene rings is 1. The van der Waals surface area contributed by atoms with Crippen LogP contribution in [0.4, 0.5) is 9.18 Å². The molecule has 0 radical (unpaired) electrons. The third-order valence-electron chi connectivity index (χ3n) is 3.64. The van der Waals surface area contributed by atoms with Crippen molar-refractivity contribution >= 4 is 46.1 Å². The molecule has 3 rings (SSSR count). The summed E-state index contributed by atoms with van der Waals surface area (Å²) in [5.41, 5.74) is 0.424. The molecule has 0 saturated carbocycles. The predicted octanol–water partition coefficient (Wildman–Crippen LogP) is 4.59. The molecular weight excluding hydrogens is 361 g/mol. The Labute approximate surface area is 152 Å². The minimum absolute atomic E-state index is 0.138. The fraction of sp³-hybridized carbons (Fsp3) is 0.167. The van der Waals surface area contributed by atoms with Gasteiger partial charge < -0.3 is 0 Å². The Balaban J connectivity index is 1.56. The van der Waals surface area contributed by atoms with Crippen molar-refractivity contribution in [3.8, 4) is 0 Å². The molecule has 0 atom stereocenters. The molecule has 0 unspecified atom stereocenters. The van der Waals surface area contributed by atoms with Crippen LogP contribution in [-0.2, 0) is 4.79 Å². The quantitative estimate of drug-likeness (QED) is 0.547. The van der Waals surface area contributed by atoms with Gasteiger partial charge in [-0.25, -0.2) is 4.39 Å². The van der Waals surface area contributed by atoms with Gasteiger partial charge >= 0.3 is 0 Å². The predicted molar refractivity (Wildman–Crippen MR) is 97.0 cm³/mol. The first-order chi connectivity index (χ1) is 12.0. The van der Waals surface area contributed by atoms with Crippen LogP contribution in [0, 0.1) is 5.82 Å². The highest BCUT2D eigenvalue weighted by Gasteiger charge is 2.34. The van der Waals surface area contributed by atoms with Gasteiger partial charge in [0.2, 0.25) is 0 Å². The summed E-state index contributed by atoms with van der Waals surface area (Å²) in [6, 6.07) is 9.09. The monoisotopic (exact) mass is 375 g/mol. The second-order valence-electron chi connectivity index (χ2n) is 5.38. The van der Waals surface area contributed by atoms with E-state index < -0.39 is 5.82 Å². The van der Waals surface area contributed by atoms with Crippen molar-refractivity contribution in [1.82, 2.24) is 4.90 Å². The third kappa shape index (κ3) is 4.24. The van der Waals surface area contributed by atoms with E-state index in [1.807, 2.05) is 17.5 Å². The summed E-state index contributed by atoms with van der Waals surface area (Å²) in [5, 5.41) is 1.58. The SMILES string of the molecule is O=C(CCCN1C(=O)S/C(=C/c2cccs2)C1=O)c1ccc(F)cc1. The Morgan fingerprint density at radius 2 is 1.92 bits per heavy atom. The fourth-order valence-corrected chi connectivity index (χ4v) is 3.96. The van der Waals surface area contributed by atoms with Gasteiger partial charge in [0.25, 0.3) is 11.1 Å². The normalized spacial score (nSPS) is 16.0. The summed E-state index contributed by atoms with van der Waals surface area (Å²) in [6.07, 6.45) is 2.27. The van der Waals surface area contributed by atoms with Gasteiger partial charge in [-0.15, -0.1) is 11.3 Å². The summed E-state index contributed by atoms with van der Waals surface area (Å²) in [7, 11) is 0. The van der Waals surface area contributed by atoms with Crippen LogP contribution in [0.2, 0.25) is 0 Å². The molecule has 2 aromatic rings. The summed E-state index contributed by atoms with van der Waals surface area (Å²) >= 11 is 2.41. The molecule has 1 aromatic heterocycles. The van der Waals surface area contributed by atoms with Gasteiger partial charge in [-0.1, -0.05) is 6.07 Å². The van der Waals surface area contributed by atoms with Crippen LogP contribution in [-0.4, -0.2) is 28.4 Å². The number of Topliss-reactive ketones (excluding diaryl/α,β-unsaturated/α-hetero) is 1. The average molecular weight is 375 g/mol. The molecule has 2 amide bonds. The molecule has 1 aliphatic heterocycles. The Morgan fingerprint density at radius 3 is 2.60 bits per heavy atom. The van der Waals surface area contributed by atoms with Gasteiger partial charge in [-0.05, 0) is 60.0 Å². The van der Waals surface area contributed by atoms with Gasteiger partial charge in [0, 0.05) is 23.4 Å². The van der Waals surface area contributed by atoms with E-state index in [1.54, 1.807) is 6.08 Å². The lowest BCUT2D eigenvalue weighted by molar-refractivity contribution is -0.122. The molecule has 0 aliphatic carbocycles. The first kappa shape index (κ1) is 17.6. The van der Waals surface area contributed by atoms with E-state index in [4.69, 9.17) is 0 Å². The van der Waals surface area contributed by atoms with Crippen molar-refractivity contribution in [2.45, 2.75) is 12.8 Å². The highest BCUT2D eigenvalue weighted by atomic mass is 32.2. The van der Waals surface area contributed by atoms with Gasteiger partial charge in [-0.2, -0.15) is 0 Å². The van der Waals surface area contributed by atoms with Crippen molar-refractivity contribution in [1.29, 1.82) is 0 Å².